The molecule has 1 aliphatic heterocycles. The Morgan fingerprint density at radius 3 is 2.39 bits per heavy atom. The standard InChI is InChI=1S/C22H20BrN3O2/c23-19-13-24-22(25-14-19)28-20-7-4-12-26(15-20)21(27)18-10-8-17(9-11-18)16-5-2-1-3-6-16/h1-3,5-6,8-11,13-14,20H,4,7,12,15H2. The molecule has 28 heavy (non-hydrogen) atoms. The van der Waals surface area contributed by atoms with E-state index in [2.05, 4.69) is 38.0 Å². The Balaban J connectivity index is 1.41. The SMILES string of the molecule is O=C(c1ccc(-c2ccccc2)cc1)N1CCCC(Oc2ncc(Br)cn2)C1. The lowest BCUT2D eigenvalue weighted by Gasteiger charge is -2.32. The van der Waals surface area contributed by atoms with Gasteiger partial charge in [-0.2, -0.15) is 0 Å². The van der Waals surface area contributed by atoms with Crippen LogP contribution in [0.15, 0.2) is 71.5 Å². The molecule has 2 aromatic carbocycles. The number of carbonyl (C=O) groups is 1. The van der Waals surface area contributed by atoms with Gasteiger partial charge in [-0.15, -0.1) is 0 Å². The van der Waals surface area contributed by atoms with Crippen molar-refractivity contribution in [3.63, 3.8) is 0 Å². The van der Waals surface area contributed by atoms with E-state index in [0.29, 0.717) is 18.1 Å². The molecule has 2 heterocycles. The number of piperidine rings is 1. The van der Waals surface area contributed by atoms with Gasteiger partial charge in [0.1, 0.15) is 6.10 Å². The highest BCUT2D eigenvalue weighted by molar-refractivity contribution is 9.10. The van der Waals surface area contributed by atoms with Crippen LogP contribution in [0.5, 0.6) is 6.01 Å². The van der Waals surface area contributed by atoms with Gasteiger partial charge in [-0.25, -0.2) is 9.97 Å². The molecule has 0 bridgehead atoms. The topological polar surface area (TPSA) is 55.3 Å². The molecule has 1 aromatic heterocycles. The molecule has 1 atom stereocenters. The van der Waals surface area contributed by atoms with Crippen molar-refractivity contribution in [3.8, 4) is 17.1 Å². The van der Waals surface area contributed by atoms with E-state index in [0.717, 1.165) is 35.0 Å². The summed E-state index contributed by atoms with van der Waals surface area (Å²) in [7, 11) is 0. The predicted molar refractivity (Wildman–Crippen MR) is 111 cm³/mol. The molecule has 4 rings (SSSR count). The lowest BCUT2D eigenvalue weighted by atomic mass is 10.0. The molecular formula is C22H20BrN3O2. The van der Waals surface area contributed by atoms with Gasteiger partial charge in [-0.3, -0.25) is 4.79 Å². The minimum Gasteiger partial charge on any atom is -0.458 e. The van der Waals surface area contributed by atoms with Crippen molar-refractivity contribution in [1.82, 2.24) is 14.9 Å². The van der Waals surface area contributed by atoms with Crippen LogP contribution in [-0.4, -0.2) is 40.0 Å². The van der Waals surface area contributed by atoms with E-state index >= 15 is 0 Å². The molecule has 142 valence electrons. The summed E-state index contributed by atoms with van der Waals surface area (Å²) in [4.78, 5) is 23.1. The zero-order chi connectivity index (χ0) is 19.3. The zero-order valence-corrected chi connectivity index (χ0v) is 16.9. The molecule has 0 N–H and O–H groups in total. The molecule has 1 unspecified atom stereocenters. The minimum absolute atomic E-state index is 0.0321. The van der Waals surface area contributed by atoms with Crippen molar-refractivity contribution in [2.24, 2.45) is 0 Å². The van der Waals surface area contributed by atoms with E-state index in [1.807, 2.05) is 47.4 Å². The van der Waals surface area contributed by atoms with E-state index < -0.39 is 0 Å². The molecule has 0 radical (unpaired) electrons. The summed E-state index contributed by atoms with van der Waals surface area (Å²) in [5.41, 5.74) is 2.94. The van der Waals surface area contributed by atoms with Crippen LogP contribution in [0.4, 0.5) is 0 Å². The fourth-order valence-corrected chi connectivity index (χ4v) is 3.55. The molecule has 1 amide bonds. The van der Waals surface area contributed by atoms with Gasteiger partial charge in [0.05, 0.1) is 11.0 Å². The molecule has 0 saturated carbocycles. The second kappa shape index (κ2) is 8.52. The third-order valence-electron chi connectivity index (χ3n) is 4.77. The molecule has 0 spiro atoms. The summed E-state index contributed by atoms with van der Waals surface area (Å²) in [5, 5.41) is 0. The molecule has 6 heteroatoms. The summed E-state index contributed by atoms with van der Waals surface area (Å²) >= 11 is 3.31. The molecule has 1 fully saturated rings. The van der Waals surface area contributed by atoms with Crippen LogP contribution in [0.25, 0.3) is 11.1 Å². The maximum Gasteiger partial charge on any atom is 0.316 e. The summed E-state index contributed by atoms with van der Waals surface area (Å²) in [6.45, 7) is 1.28. The molecule has 5 nitrogen and oxygen atoms in total. The largest absolute Gasteiger partial charge is 0.458 e. The zero-order valence-electron chi connectivity index (χ0n) is 15.3. The first-order valence-corrected chi connectivity index (χ1v) is 10.1. The van der Waals surface area contributed by atoms with Crippen molar-refractivity contribution in [3.05, 3.63) is 77.0 Å². The predicted octanol–water partition coefficient (Wildman–Crippen LogP) is 4.59. The maximum absolute atomic E-state index is 12.9. The van der Waals surface area contributed by atoms with Gasteiger partial charge >= 0.3 is 6.01 Å². The number of likely N-dealkylation sites (tertiary alicyclic amines) is 1. The minimum atomic E-state index is -0.0949. The van der Waals surface area contributed by atoms with Crippen LogP contribution in [0, 0.1) is 0 Å². The number of halogens is 1. The van der Waals surface area contributed by atoms with Gasteiger partial charge in [0, 0.05) is 24.5 Å². The van der Waals surface area contributed by atoms with E-state index in [9.17, 15) is 4.79 Å². The summed E-state index contributed by atoms with van der Waals surface area (Å²) in [6, 6.07) is 18.3. The van der Waals surface area contributed by atoms with E-state index in [4.69, 9.17) is 4.74 Å². The Hall–Kier alpha value is -2.73. The van der Waals surface area contributed by atoms with E-state index in [1.54, 1.807) is 12.4 Å². The third kappa shape index (κ3) is 4.39. The molecule has 1 saturated heterocycles. The molecule has 0 aliphatic carbocycles. The van der Waals surface area contributed by atoms with Crippen molar-refractivity contribution < 1.29 is 9.53 Å². The number of carbonyl (C=O) groups excluding carboxylic acids is 1. The van der Waals surface area contributed by atoms with Crippen molar-refractivity contribution in [1.29, 1.82) is 0 Å². The van der Waals surface area contributed by atoms with Crippen molar-refractivity contribution in [2.45, 2.75) is 18.9 Å². The number of ether oxygens (including phenoxy) is 1. The second-order valence-corrected chi connectivity index (χ2v) is 7.68. The number of rotatable bonds is 4. The smallest absolute Gasteiger partial charge is 0.316 e. The van der Waals surface area contributed by atoms with Crippen LogP contribution in [0.2, 0.25) is 0 Å². The first kappa shape index (κ1) is 18.6. The summed E-state index contributed by atoms with van der Waals surface area (Å²) in [5.74, 6) is 0.0321. The van der Waals surface area contributed by atoms with Crippen LogP contribution in [-0.2, 0) is 0 Å². The summed E-state index contributed by atoms with van der Waals surface area (Å²) in [6.07, 6.45) is 5.00. The van der Waals surface area contributed by atoms with E-state index in [-0.39, 0.29) is 12.0 Å². The Labute approximate surface area is 172 Å². The van der Waals surface area contributed by atoms with Crippen LogP contribution < -0.4 is 4.74 Å². The first-order chi connectivity index (χ1) is 13.7. The highest BCUT2D eigenvalue weighted by Gasteiger charge is 2.26. The van der Waals surface area contributed by atoms with Crippen molar-refractivity contribution in [2.75, 3.05) is 13.1 Å². The Kier molecular flexibility index (Phi) is 5.67. The second-order valence-electron chi connectivity index (χ2n) is 6.76. The number of amides is 1. The van der Waals surface area contributed by atoms with Crippen LogP contribution in [0.3, 0.4) is 0 Å². The molecule has 1 aliphatic rings. The van der Waals surface area contributed by atoms with Crippen LogP contribution in [0.1, 0.15) is 23.2 Å². The number of nitrogens with zero attached hydrogens (tertiary/aromatic N) is 3. The Bertz CT molecular complexity index is 930. The maximum atomic E-state index is 12.9. The van der Waals surface area contributed by atoms with Gasteiger partial charge in [0.2, 0.25) is 0 Å². The quantitative estimate of drug-likeness (QED) is 0.598. The highest BCUT2D eigenvalue weighted by Crippen LogP contribution is 2.22. The lowest BCUT2D eigenvalue weighted by molar-refractivity contribution is 0.0515. The number of hydrogen-bond donors (Lipinski definition) is 0. The summed E-state index contributed by atoms with van der Waals surface area (Å²) < 4.78 is 6.67. The average Bonchev–Trinajstić information content (AvgIpc) is 2.76. The van der Waals surface area contributed by atoms with Gasteiger partial charge in [-0.1, -0.05) is 42.5 Å². The van der Waals surface area contributed by atoms with Gasteiger partial charge in [0.15, 0.2) is 0 Å². The normalized spacial score (nSPS) is 16.6. The van der Waals surface area contributed by atoms with Crippen LogP contribution >= 0.6 is 15.9 Å². The molecule has 3 aromatic rings. The first-order valence-electron chi connectivity index (χ1n) is 9.28. The van der Waals surface area contributed by atoms with Gasteiger partial charge < -0.3 is 9.64 Å². The fourth-order valence-electron chi connectivity index (χ4n) is 3.35. The monoisotopic (exact) mass is 437 g/mol. The van der Waals surface area contributed by atoms with Gasteiger partial charge in [-0.05, 0) is 52.0 Å². The Morgan fingerprint density at radius 1 is 1.00 bits per heavy atom. The Morgan fingerprint density at radius 2 is 1.68 bits per heavy atom. The lowest BCUT2D eigenvalue weighted by Crippen LogP contribution is -2.44. The molecular weight excluding hydrogens is 418 g/mol. The number of hydrogen-bond acceptors (Lipinski definition) is 4. The number of aromatic nitrogens is 2. The average molecular weight is 438 g/mol. The van der Waals surface area contributed by atoms with Crippen molar-refractivity contribution >= 4 is 21.8 Å². The van der Waals surface area contributed by atoms with Gasteiger partial charge in [0.25, 0.3) is 5.91 Å². The highest BCUT2D eigenvalue weighted by atomic mass is 79.9. The number of benzene rings is 2. The third-order valence-corrected chi connectivity index (χ3v) is 5.18. The fraction of sp³-hybridized carbons (Fsp3) is 0.227. The van der Waals surface area contributed by atoms with E-state index in [1.165, 1.54) is 0 Å².